The van der Waals surface area contributed by atoms with Crippen LogP contribution in [0.4, 0.5) is 0 Å². The largest absolute Gasteiger partial charge is 0.493 e. The minimum atomic E-state index is -0.162. The van der Waals surface area contributed by atoms with Crippen molar-refractivity contribution in [2.24, 2.45) is 5.92 Å². The highest BCUT2D eigenvalue weighted by Crippen LogP contribution is 2.12. The Balaban J connectivity index is 2.49. The fourth-order valence-electron chi connectivity index (χ4n) is 0.945. The Morgan fingerprint density at radius 3 is 2.31 bits per heavy atom. The molecular formula is C11H15O2. The van der Waals surface area contributed by atoms with Gasteiger partial charge in [0.2, 0.25) is 0 Å². The molecule has 0 heterocycles. The number of hydrogen-bond donors (Lipinski definition) is 0. The molecule has 0 atom stereocenters. The van der Waals surface area contributed by atoms with Gasteiger partial charge in [0, 0.05) is 0 Å². The van der Waals surface area contributed by atoms with Gasteiger partial charge in [-0.1, -0.05) is 26.0 Å². The summed E-state index contributed by atoms with van der Waals surface area (Å²) in [6.45, 7) is 4.76. The fraction of sp³-hybridized carbons (Fsp3) is 0.455. The SMILES string of the molecule is CC(C)COc1ccc(C[O])cc1. The summed E-state index contributed by atoms with van der Waals surface area (Å²) < 4.78 is 5.46. The van der Waals surface area contributed by atoms with Gasteiger partial charge in [-0.15, -0.1) is 0 Å². The third-order valence-electron chi connectivity index (χ3n) is 1.67. The number of rotatable bonds is 4. The minimum Gasteiger partial charge on any atom is -0.493 e. The molecule has 0 spiro atoms. The molecule has 0 saturated carbocycles. The molecule has 1 rings (SSSR count). The lowest BCUT2D eigenvalue weighted by Crippen LogP contribution is -2.04. The van der Waals surface area contributed by atoms with E-state index in [9.17, 15) is 5.11 Å². The van der Waals surface area contributed by atoms with Crippen molar-refractivity contribution in [3.63, 3.8) is 0 Å². The van der Waals surface area contributed by atoms with E-state index in [2.05, 4.69) is 13.8 Å². The summed E-state index contributed by atoms with van der Waals surface area (Å²) in [4.78, 5) is 0. The van der Waals surface area contributed by atoms with Crippen molar-refractivity contribution in [2.45, 2.75) is 20.5 Å². The normalized spacial score (nSPS) is 10.5. The van der Waals surface area contributed by atoms with Crippen molar-refractivity contribution in [1.82, 2.24) is 0 Å². The average Bonchev–Trinajstić information content (AvgIpc) is 2.15. The van der Waals surface area contributed by atoms with E-state index in [4.69, 9.17) is 4.74 Å². The Morgan fingerprint density at radius 2 is 1.85 bits per heavy atom. The second-order valence-electron chi connectivity index (χ2n) is 3.49. The molecule has 1 aromatic rings. The van der Waals surface area contributed by atoms with Crippen LogP contribution in [0.1, 0.15) is 19.4 Å². The van der Waals surface area contributed by atoms with Gasteiger partial charge in [0.15, 0.2) is 0 Å². The van der Waals surface area contributed by atoms with Crippen LogP contribution in [0.5, 0.6) is 5.75 Å². The zero-order valence-corrected chi connectivity index (χ0v) is 8.12. The maximum absolute atomic E-state index is 10.5. The summed E-state index contributed by atoms with van der Waals surface area (Å²) in [6.07, 6.45) is 0. The van der Waals surface area contributed by atoms with Gasteiger partial charge in [-0.25, -0.2) is 5.11 Å². The zero-order chi connectivity index (χ0) is 9.68. The van der Waals surface area contributed by atoms with Gasteiger partial charge >= 0.3 is 0 Å². The third-order valence-corrected chi connectivity index (χ3v) is 1.67. The van der Waals surface area contributed by atoms with Crippen LogP contribution in [0.3, 0.4) is 0 Å². The Morgan fingerprint density at radius 1 is 1.23 bits per heavy atom. The first kappa shape index (κ1) is 10.1. The molecule has 0 N–H and O–H groups in total. The molecule has 1 radical (unpaired) electrons. The zero-order valence-electron chi connectivity index (χ0n) is 8.12. The van der Waals surface area contributed by atoms with Crippen LogP contribution in [-0.4, -0.2) is 6.61 Å². The molecule has 0 aliphatic carbocycles. The van der Waals surface area contributed by atoms with Gasteiger partial charge < -0.3 is 4.74 Å². The summed E-state index contributed by atoms with van der Waals surface area (Å²) in [7, 11) is 0. The molecule has 0 saturated heterocycles. The van der Waals surface area contributed by atoms with E-state index in [1.165, 1.54) is 0 Å². The van der Waals surface area contributed by atoms with Crippen molar-refractivity contribution in [2.75, 3.05) is 6.61 Å². The second-order valence-corrected chi connectivity index (χ2v) is 3.49. The van der Waals surface area contributed by atoms with Crippen LogP contribution < -0.4 is 4.74 Å². The van der Waals surface area contributed by atoms with Crippen LogP contribution in [-0.2, 0) is 11.7 Å². The van der Waals surface area contributed by atoms with Crippen LogP contribution >= 0.6 is 0 Å². The standard InChI is InChI=1S/C11H15O2/c1-9(2)8-13-11-5-3-10(7-12)4-6-11/h3-6,9H,7-8H2,1-2H3. The first-order valence-corrected chi connectivity index (χ1v) is 4.52. The molecule has 71 valence electrons. The van der Waals surface area contributed by atoms with E-state index in [0.29, 0.717) is 5.92 Å². The lowest BCUT2D eigenvalue weighted by atomic mass is 10.2. The quantitative estimate of drug-likeness (QED) is 0.698. The van der Waals surface area contributed by atoms with Crippen LogP contribution in [0.25, 0.3) is 0 Å². The third kappa shape index (κ3) is 3.47. The fourth-order valence-corrected chi connectivity index (χ4v) is 0.945. The van der Waals surface area contributed by atoms with Crippen LogP contribution in [0, 0.1) is 5.92 Å². The molecule has 0 unspecified atom stereocenters. The number of ether oxygens (including phenoxy) is 1. The minimum absolute atomic E-state index is 0.162. The van der Waals surface area contributed by atoms with E-state index in [0.717, 1.165) is 17.9 Å². The Kier molecular flexibility index (Phi) is 3.77. The van der Waals surface area contributed by atoms with E-state index in [-0.39, 0.29) is 6.61 Å². The topological polar surface area (TPSA) is 29.1 Å². The molecule has 0 bridgehead atoms. The first-order chi connectivity index (χ1) is 6.22. The number of benzene rings is 1. The van der Waals surface area contributed by atoms with Gasteiger partial charge in [0.25, 0.3) is 0 Å². The molecule has 13 heavy (non-hydrogen) atoms. The highest BCUT2D eigenvalue weighted by Gasteiger charge is 1.97. The number of hydrogen-bond acceptors (Lipinski definition) is 1. The molecule has 0 aliphatic heterocycles. The summed E-state index contributed by atoms with van der Waals surface area (Å²) in [5.41, 5.74) is 0.803. The summed E-state index contributed by atoms with van der Waals surface area (Å²) in [6, 6.07) is 7.30. The average molecular weight is 179 g/mol. The molecule has 2 nitrogen and oxygen atoms in total. The predicted molar refractivity (Wildman–Crippen MR) is 51.2 cm³/mol. The van der Waals surface area contributed by atoms with E-state index >= 15 is 0 Å². The van der Waals surface area contributed by atoms with Gasteiger partial charge in [0.1, 0.15) is 12.4 Å². The second kappa shape index (κ2) is 4.87. The van der Waals surface area contributed by atoms with Crippen LogP contribution in [0.15, 0.2) is 24.3 Å². The van der Waals surface area contributed by atoms with E-state index in [1.54, 1.807) is 0 Å². The molecule has 0 amide bonds. The monoisotopic (exact) mass is 179 g/mol. The van der Waals surface area contributed by atoms with Gasteiger partial charge in [-0.05, 0) is 23.6 Å². The Hall–Kier alpha value is -1.02. The summed E-state index contributed by atoms with van der Waals surface area (Å²) in [5, 5.41) is 10.5. The molecule has 0 fully saturated rings. The van der Waals surface area contributed by atoms with E-state index < -0.39 is 0 Å². The highest BCUT2D eigenvalue weighted by molar-refractivity contribution is 5.26. The maximum atomic E-state index is 10.5. The summed E-state index contributed by atoms with van der Waals surface area (Å²) >= 11 is 0. The molecule has 2 heteroatoms. The van der Waals surface area contributed by atoms with Crippen molar-refractivity contribution in [1.29, 1.82) is 0 Å². The molecule has 0 aromatic heterocycles. The van der Waals surface area contributed by atoms with Crippen molar-refractivity contribution < 1.29 is 9.84 Å². The summed E-state index contributed by atoms with van der Waals surface area (Å²) in [5.74, 6) is 1.37. The van der Waals surface area contributed by atoms with Crippen molar-refractivity contribution in [3.05, 3.63) is 29.8 Å². The lowest BCUT2D eigenvalue weighted by molar-refractivity contribution is 0.177. The van der Waals surface area contributed by atoms with Crippen molar-refractivity contribution >= 4 is 0 Å². The highest BCUT2D eigenvalue weighted by atomic mass is 16.5. The predicted octanol–water partition coefficient (Wildman–Crippen LogP) is 2.65. The molecule has 0 aliphatic rings. The maximum Gasteiger partial charge on any atom is 0.119 e. The molecular weight excluding hydrogens is 164 g/mol. The Labute approximate surface area is 79.2 Å². The first-order valence-electron chi connectivity index (χ1n) is 4.52. The van der Waals surface area contributed by atoms with Crippen LogP contribution in [0.2, 0.25) is 0 Å². The molecule has 1 aromatic carbocycles. The van der Waals surface area contributed by atoms with Gasteiger partial charge in [0.05, 0.1) is 6.61 Å². The van der Waals surface area contributed by atoms with Gasteiger partial charge in [-0.2, -0.15) is 0 Å². The van der Waals surface area contributed by atoms with E-state index in [1.807, 2.05) is 24.3 Å². The smallest absolute Gasteiger partial charge is 0.119 e. The van der Waals surface area contributed by atoms with Gasteiger partial charge in [-0.3, -0.25) is 0 Å². The Bertz CT molecular complexity index is 239. The van der Waals surface area contributed by atoms with Crippen molar-refractivity contribution in [3.8, 4) is 5.75 Å². The lowest BCUT2D eigenvalue weighted by Gasteiger charge is -2.08.